The monoisotopic (exact) mass is 1010 g/mol. The summed E-state index contributed by atoms with van der Waals surface area (Å²) in [7, 11) is 0. The van der Waals surface area contributed by atoms with Gasteiger partial charge in [0.25, 0.3) is 0 Å². The van der Waals surface area contributed by atoms with Crippen molar-refractivity contribution in [3.05, 3.63) is 146 Å². The van der Waals surface area contributed by atoms with Crippen molar-refractivity contribution in [1.29, 1.82) is 0 Å². The Morgan fingerprint density at radius 1 is 0.288 bits per heavy atom. The fraction of sp³-hybridized carbons (Fsp3) is 0.597. The highest BCUT2D eigenvalue weighted by atomic mass is 16.6. The Labute approximate surface area is 448 Å². The van der Waals surface area contributed by atoms with E-state index in [1.807, 2.05) is 24.3 Å². The second kappa shape index (κ2) is 59.8. The number of carbonyl (C=O) groups excluding carboxylic acids is 3. The molecule has 0 spiro atoms. The number of hydrogen-bond donors (Lipinski definition) is 0. The van der Waals surface area contributed by atoms with E-state index in [4.69, 9.17) is 14.2 Å². The number of esters is 3. The molecule has 0 N–H and O–H groups in total. The summed E-state index contributed by atoms with van der Waals surface area (Å²) in [5.74, 6) is -1.11. The lowest BCUT2D eigenvalue weighted by Crippen LogP contribution is -2.30. The molecule has 0 saturated carbocycles. The second-order valence-electron chi connectivity index (χ2n) is 18.8. The van der Waals surface area contributed by atoms with Crippen molar-refractivity contribution in [2.45, 2.75) is 245 Å². The van der Waals surface area contributed by atoms with Gasteiger partial charge in [0.1, 0.15) is 13.2 Å². The van der Waals surface area contributed by atoms with Gasteiger partial charge >= 0.3 is 17.9 Å². The average Bonchev–Trinajstić information content (AvgIpc) is 3.39. The normalized spacial score (nSPS) is 12.8. The van der Waals surface area contributed by atoms with Gasteiger partial charge in [0.15, 0.2) is 6.10 Å². The molecule has 0 bridgehead atoms. The summed E-state index contributed by atoms with van der Waals surface area (Å²) in [6, 6.07) is 0. The molecule has 0 radical (unpaired) electrons. The van der Waals surface area contributed by atoms with Crippen molar-refractivity contribution in [3.8, 4) is 0 Å². The van der Waals surface area contributed by atoms with Crippen molar-refractivity contribution in [3.63, 3.8) is 0 Å². The van der Waals surface area contributed by atoms with Gasteiger partial charge in [-0.1, -0.05) is 269 Å². The molecule has 410 valence electrons. The third kappa shape index (κ3) is 58.1. The molecule has 6 nitrogen and oxygen atoms in total. The van der Waals surface area contributed by atoms with Crippen LogP contribution in [0.15, 0.2) is 146 Å². The van der Waals surface area contributed by atoms with Gasteiger partial charge in [-0.3, -0.25) is 14.4 Å². The van der Waals surface area contributed by atoms with Crippen molar-refractivity contribution < 1.29 is 28.6 Å². The molecule has 73 heavy (non-hydrogen) atoms. The zero-order chi connectivity index (χ0) is 52.9. The Morgan fingerprint density at radius 3 is 0.808 bits per heavy atom. The Kier molecular flexibility index (Phi) is 56.0. The molecule has 0 unspecified atom stereocenters. The van der Waals surface area contributed by atoms with Gasteiger partial charge in [0, 0.05) is 19.3 Å². The van der Waals surface area contributed by atoms with Crippen LogP contribution in [0.3, 0.4) is 0 Å². The van der Waals surface area contributed by atoms with E-state index in [-0.39, 0.29) is 44.0 Å². The molecular formula is C67H106O6. The van der Waals surface area contributed by atoms with Crippen molar-refractivity contribution >= 4 is 17.9 Å². The summed E-state index contributed by atoms with van der Waals surface area (Å²) in [6.07, 6.45) is 85.8. The van der Waals surface area contributed by atoms with Crippen LogP contribution < -0.4 is 0 Å². The highest BCUT2D eigenvalue weighted by Crippen LogP contribution is 2.15. The summed E-state index contributed by atoms with van der Waals surface area (Å²) in [5.41, 5.74) is 0. The third-order valence-corrected chi connectivity index (χ3v) is 11.9. The van der Waals surface area contributed by atoms with Crippen LogP contribution in [0.2, 0.25) is 0 Å². The summed E-state index contributed by atoms with van der Waals surface area (Å²) in [6.45, 7) is 6.28. The van der Waals surface area contributed by atoms with Crippen LogP contribution >= 0.6 is 0 Å². The number of allylic oxidation sites excluding steroid dienone is 24. The SMILES string of the molecule is CC/C=C\C/C=C\C/C=C\C/C=C\C/C=C\C/C=C\CCC(=O)OCC(COC(=O)CC/C=C\C/C=C\C/C=C\C/C=C\C/C=C\C/C=C\CC)OC(=O)CCCCCCCCCCCCCCCCCCC. The fourth-order valence-electron chi connectivity index (χ4n) is 7.55. The van der Waals surface area contributed by atoms with Crippen LogP contribution in [0.1, 0.15) is 239 Å². The van der Waals surface area contributed by atoms with Crippen molar-refractivity contribution in [2.24, 2.45) is 0 Å². The van der Waals surface area contributed by atoms with E-state index in [0.717, 1.165) is 96.3 Å². The fourth-order valence-corrected chi connectivity index (χ4v) is 7.55. The maximum absolute atomic E-state index is 12.9. The highest BCUT2D eigenvalue weighted by molar-refractivity contribution is 5.71. The first-order valence-electron chi connectivity index (χ1n) is 29.3. The summed E-state index contributed by atoms with van der Waals surface area (Å²) < 4.78 is 16.7. The van der Waals surface area contributed by atoms with Crippen LogP contribution in [0.25, 0.3) is 0 Å². The Balaban J connectivity index is 4.62. The summed E-state index contributed by atoms with van der Waals surface area (Å²) >= 11 is 0. The van der Waals surface area contributed by atoms with E-state index in [0.29, 0.717) is 19.3 Å². The molecule has 0 aliphatic rings. The molecule has 0 heterocycles. The first-order chi connectivity index (χ1) is 36.0. The van der Waals surface area contributed by atoms with Crippen LogP contribution in [0.5, 0.6) is 0 Å². The first kappa shape index (κ1) is 68.3. The maximum atomic E-state index is 12.9. The maximum Gasteiger partial charge on any atom is 0.306 e. The van der Waals surface area contributed by atoms with Gasteiger partial charge in [0.05, 0.1) is 0 Å². The van der Waals surface area contributed by atoms with Crippen LogP contribution in [0.4, 0.5) is 0 Å². The lowest BCUT2D eigenvalue weighted by atomic mass is 10.0. The number of hydrogen-bond acceptors (Lipinski definition) is 6. The second-order valence-corrected chi connectivity index (χ2v) is 18.8. The van der Waals surface area contributed by atoms with Gasteiger partial charge in [-0.25, -0.2) is 0 Å². The van der Waals surface area contributed by atoms with Crippen LogP contribution in [-0.2, 0) is 28.6 Å². The largest absolute Gasteiger partial charge is 0.462 e. The number of rotatable bonds is 51. The molecule has 0 aliphatic carbocycles. The van der Waals surface area contributed by atoms with Gasteiger partial charge in [-0.05, 0) is 96.3 Å². The van der Waals surface area contributed by atoms with Crippen molar-refractivity contribution in [1.82, 2.24) is 0 Å². The van der Waals surface area contributed by atoms with Gasteiger partial charge in [0.2, 0.25) is 0 Å². The quantitative estimate of drug-likeness (QED) is 0.0261. The van der Waals surface area contributed by atoms with Crippen molar-refractivity contribution in [2.75, 3.05) is 13.2 Å². The molecule has 0 aromatic carbocycles. The van der Waals surface area contributed by atoms with Gasteiger partial charge in [-0.15, -0.1) is 0 Å². The summed E-state index contributed by atoms with van der Waals surface area (Å²) in [4.78, 5) is 38.2. The Bertz CT molecular complexity index is 1530. The number of ether oxygens (including phenoxy) is 3. The molecule has 0 aromatic rings. The van der Waals surface area contributed by atoms with E-state index in [1.54, 1.807) is 0 Å². The molecule has 0 aromatic heterocycles. The van der Waals surface area contributed by atoms with E-state index in [9.17, 15) is 14.4 Å². The number of carbonyl (C=O) groups is 3. The zero-order valence-electron chi connectivity index (χ0n) is 46.8. The van der Waals surface area contributed by atoms with Gasteiger partial charge < -0.3 is 14.2 Å². The number of unbranched alkanes of at least 4 members (excludes halogenated alkanes) is 16. The van der Waals surface area contributed by atoms with E-state index in [1.165, 1.54) is 89.9 Å². The van der Waals surface area contributed by atoms with Crippen LogP contribution in [-0.4, -0.2) is 37.2 Å². The molecule has 0 fully saturated rings. The van der Waals surface area contributed by atoms with E-state index in [2.05, 4.69) is 142 Å². The van der Waals surface area contributed by atoms with E-state index < -0.39 is 6.10 Å². The molecular weight excluding hydrogens is 901 g/mol. The smallest absolute Gasteiger partial charge is 0.306 e. The minimum atomic E-state index is -0.844. The molecule has 0 aliphatic heterocycles. The standard InChI is InChI=1S/C67H106O6/c1-4-7-10-13-16-19-22-25-28-31-33-36-38-41-44-47-50-53-56-59-65(68)71-62-64(73-67(70)61-58-55-52-49-46-43-40-35-30-27-24-21-18-15-12-9-6-3)63-72-66(69)60-57-54-51-48-45-42-39-37-34-32-29-26-23-20-17-14-11-8-5-2/h7-8,10-11,16-17,19-20,25-26,28-29,33-34,36-37,41-42,44-45,50-51,53-54,64H,4-6,9,12-15,18,21-24,27,30-32,35,38-40,43,46-49,52,55-63H2,1-3H3/b10-7-,11-8-,19-16-,20-17-,28-25-,29-26-,36-33-,37-34-,44-41-,45-42-,53-50-,54-51-. The summed E-state index contributed by atoms with van der Waals surface area (Å²) in [5, 5.41) is 0. The highest BCUT2D eigenvalue weighted by Gasteiger charge is 2.19. The predicted octanol–water partition coefficient (Wildman–Crippen LogP) is 20.0. The lowest BCUT2D eigenvalue weighted by molar-refractivity contribution is -0.166. The minimum absolute atomic E-state index is 0.145. The molecule has 6 heteroatoms. The third-order valence-electron chi connectivity index (χ3n) is 11.9. The zero-order valence-corrected chi connectivity index (χ0v) is 46.8. The first-order valence-corrected chi connectivity index (χ1v) is 29.3. The minimum Gasteiger partial charge on any atom is -0.462 e. The van der Waals surface area contributed by atoms with Crippen LogP contribution in [0, 0.1) is 0 Å². The molecule has 0 rings (SSSR count). The lowest BCUT2D eigenvalue weighted by Gasteiger charge is -2.18. The molecule has 0 atom stereocenters. The average molecular weight is 1010 g/mol. The molecule has 0 saturated heterocycles. The Hall–Kier alpha value is -4.71. The van der Waals surface area contributed by atoms with Gasteiger partial charge in [-0.2, -0.15) is 0 Å². The topological polar surface area (TPSA) is 78.9 Å². The van der Waals surface area contributed by atoms with E-state index >= 15 is 0 Å². The molecule has 0 amide bonds. The Morgan fingerprint density at radius 2 is 0.534 bits per heavy atom. The predicted molar refractivity (Wildman–Crippen MR) is 315 cm³/mol.